The SMILES string of the molecule is O=C(NCc1cnc[nH]1)C1CCCN(C(=O)C2CC2)C1. The third-order valence-corrected chi connectivity index (χ3v) is 4.04. The maximum atomic E-state index is 12.2. The van der Waals surface area contributed by atoms with Gasteiger partial charge in [-0.2, -0.15) is 0 Å². The van der Waals surface area contributed by atoms with E-state index in [0.717, 1.165) is 37.9 Å². The minimum atomic E-state index is -0.0747. The van der Waals surface area contributed by atoms with Crippen LogP contribution >= 0.6 is 0 Å². The Morgan fingerprint density at radius 3 is 2.90 bits per heavy atom. The molecule has 2 aliphatic rings. The lowest BCUT2D eigenvalue weighted by Crippen LogP contribution is -2.45. The fraction of sp³-hybridized carbons (Fsp3) is 0.643. The number of amides is 2. The molecule has 6 nitrogen and oxygen atoms in total. The van der Waals surface area contributed by atoms with Gasteiger partial charge in [0.15, 0.2) is 0 Å². The zero-order valence-electron chi connectivity index (χ0n) is 11.5. The third kappa shape index (κ3) is 3.00. The van der Waals surface area contributed by atoms with Gasteiger partial charge in [-0.15, -0.1) is 0 Å². The second kappa shape index (κ2) is 5.64. The molecule has 1 saturated heterocycles. The van der Waals surface area contributed by atoms with Crippen molar-refractivity contribution in [1.29, 1.82) is 0 Å². The van der Waals surface area contributed by atoms with E-state index in [1.807, 2.05) is 4.90 Å². The fourth-order valence-corrected chi connectivity index (χ4v) is 2.69. The minimum absolute atomic E-state index is 0.0351. The zero-order chi connectivity index (χ0) is 13.9. The highest BCUT2D eigenvalue weighted by Crippen LogP contribution is 2.32. The van der Waals surface area contributed by atoms with Crippen LogP contribution in [0.2, 0.25) is 0 Å². The first-order valence-electron chi connectivity index (χ1n) is 7.28. The summed E-state index contributed by atoms with van der Waals surface area (Å²) >= 11 is 0. The van der Waals surface area contributed by atoms with E-state index in [0.29, 0.717) is 13.1 Å². The summed E-state index contributed by atoms with van der Waals surface area (Å²) in [6, 6.07) is 0. The molecule has 1 aliphatic heterocycles. The molecule has 2 heterocycles. The van der Waals surface area contributed by atoms with Crippen molar-refractivity contribution in [1.82, 2.24) is 20.2 Å². The average Bonchev–Trinajstić information content (AvgIpc) is 3.20. The van der Waals surface area contributed by atoms with Crippen LogP contribution in [-0.2, 0) is 16.1 Å². The lowest BCUT2D eigenvalue weighted by Gasteiger charge is -2.32. The van der Waals surface area contributed by atoms with Crippen LogP contribution in [0.3, 0.4) is 0 Å². The van der Waals surface area contributed by atoms with Crippen molar-refractivity contribution < 1.29 is 9.59 Å². The Balaban J connectivity index is 1.50. The van der Waals surface area contributed by atoms with Crippen molar-refractivity contribution in [2.75, 3.05) is 13.1 Å². The van der Waals surface area contributed by atoms with Crippen LogP contribution < -0.4 is 5.32 Å². The van der Waals surface area contributed by atoms with E-state index in [-0.39, 0.29) is 23.7 Å². The molecule has 108 valence electrons. The lowest BCUT2D eigenvalue weighted by molar-refractivity contribution is -0.136. The minimum Gasteiger partial charge on any atom is -0.350 e. The number of nitrogens with one attached hydrogen (secondary N) is 2. The number of nitrogens with zero attached hydrogens (tertiary/aromatic N) is 2. The molecule has 2 N–H and O–H groups in total. The van der Waals surface area contributed by atoms with Crippen molar-refractivity contribution in [2.24, 2.45) is 11.8 Å². The molecule has 20 heavy (non-hydrogen) atoms. The van der Waals surface area contributed by atoms with Crippen molar-refractivity contribution in [3.8, 4) is 0 Å². The number of aromatic amines is 1. The molecule has 0 radical (unpaired) electrons. The number of rotatable bonds is 4. The van der Waals surface area contributed by atoms with Gasteiger partial charge in [0.2, 0.25) is 11.8 Å². The first kappa shape index (κ1) is 13.1. The van der Waals surface area contributed by atoms with Crippen LogP contribution in [-0.4, -0.2) is 39.8 Å². The monoisotopic (exact) mass is 276 g/mol. The van der Waals surface area contributed by atoms with Gasteiger partial charge in [-0.25, -0.2) is 4.98 Å². The van der Waals surface area contributed by atoms with Crippen molar-refractivity contribution in [2.45, 2.75) is 32.2 Å². The summed E-state index contributed by atoms with van der Waals surface area (Å²) in [6.45, 7) is 1.84. The Bertz CT molecular complexity index is 481. The van der Waals surface area contributed by atoms with Crippen LogP contribution in [0.15, 0.2) is 12.5 Å². The summed E-state index contributed by atoms with van der Waals surface area (Å²) in [5.41, 5.74) is 0.889. The molecule has 3 rings (SSSR count). The summed E-state index contributed by atoms with van der Waals surface area (Å²) in [5.74, 6) is 0.445. The molecule has 2 fully saturated rings. The molecule has 1 unspecified atom stereocenters. The van der Waals surface area contributed by atoms with Gasteiger partial charge in [0, 0.05) is 25.2 Å². The van der Waals surface area contributed by atoms with Crippen molar-refractivity contribution in [3.63, 3.8) is 0 Å². The van der Waals surface area contributed by atoms with Crippen LogP contribution in [0.1, 0.15) is 31.4 Å². The molecule has 1 saturated carbocycles. The maximum absolute atomic E-state index is 12.2. The number of hydrogen-bond acceptors (Lipinski definition) is 3. The van der Waals surface area contributed by atoms with E-state index in [1.165, 1.54) is 0 Å². The largest absolute Gasteiger partial charge is 0.350 e. The molecular weight excluding hydrogens is 256 g/mol. The smallest absolute Gasteiger partial charge is 0.225 e. The molecule has 6 heteroatoms. The van der Waals surface area contributed by atoms with Crippen LogP contribution in [0.5, 0.6) is 0 Å². The van der Waals surface area contributed by atoms with E-state index >= 15 is 0 Å². The number of piperidine rings is 1. The summed E-state index contributed by atoms with van der Waals surface area (Å²) in [5, 5.41) is 2.91. The second-order valence-corrected chi connectivity index (χ2v) is 5.69. The molecule has 2 amide bonds. The fourth-order valence-electron chi connectivity index (χ4n) is 2.69. The number of H-pyrrole nitrogens is 1. The Labute approximate surface area is 117 Å². The summed E-state index contributed by atoms with van der Waals surface area (Å²) in [7, 11) is 0. The van der Waals surface area contributed by atoms with E-state index < -0.39 is 0 Å². The summed E-state index contributed by atoms with van der Waals surface area (Å²) in [4.78, 5) is 33.0. The maximum Gasteiger partial charge on any atom is 0.225 e. The van der Waals surface area contributed by atoms with Crippen LogP contribution in [0, 0.1) is 11.8 Å². The standard InChI is InChI=1S/C14H20N4O2/c19-13(16-7-12-6-15-9-17-12)11-2-1-5-18(8-11)14(20)10-3-4-10/h6,9-11H,1-5,7-8H2,(H,15,17)(H,16,19). The molecule has 1 aromatic rings. The van der Waals surface area contributed by atoms with Gasteiger partial charge in [0.1, 0.15) is 0 Å². The Morgan fingerprint density at radius 2 is 2.20 bits per heavy atom. The Hall–Kier alpha value is -1.85. The molecule has 1 atom stereocenters. The molecular formula is C14H20N4O2. The van der Waals surface area contributed by atoms with Gasteiger partial charge in [-0.3, -0.25) is 9.59 Å². The summed E-state index contributed by atoms with van der Waals surface area (Å²) < 4.78 is 0. The third-order valence-electron chi connectivity index (χ3n) is 4.04. The van der Waals surface area contributed by atoms with Gasteiger partial charge >= 0.3 is 0 Å². The van der Waals surface area contributed by atoms with Gasteiger partial charge in [0.05, 0.1) is 24.5 Å². The second-order valence-electron chi connectivity index (χ2n) is 5.69. The Morgan fingerprint density at radius 1 is 1.35 bits per heavy atom. The Kier molecular flexibility index (Phi) is 3.71. The van der Waals surface area contributed by atoms with E-state index in [4.69, 9.17) is 0 Å². The highest BCUT2D eigenvalue weighted by molar-refractivity contribution is 5.83. The molecule has 0 aromatic carbocycles. The van der Waals surface area contributed by atoms with Gasteiger partial charge < -0.3 is 15.2 Å². The molecule has 0 bridgehead atoms. The van der Waals surface area contributed by atoms with Gasteiger partial charge in [0.25, 0.3) is 0 Å². The molecule has 1 aromatic heterocycles. The number of hydrogen-bond donors (Lipinski definition) is 2. The van der Waals surface area contributed by atoms with E-state index in [2.05, 4.69) is 15.3 Å². The average molecular weight is 276 g/mol. The van der Waals surface area contributed by atoms with Crippen molar-refractivity contribution >= 4 is 11.8 Å². The molecule has 0 spiro atoms. The zero-order valence-corrected chi connectivity index (χ0v) is 11.5. The number of carbonyl (C=O) groups is 2. The number of likely N-dealkylation sites (tertiary alicyclic amines) is 1. The van der Waals surface area contributed by atoms with E-state index in [1.54, 1.807) is 12.5 Å². The highest BCUT2D eigenvalue weighted by Gasteiger charge is 2.36. The first-order valence-corrected chi connectivity index (χ1v) is 7.28. The normalized spacial score (nSPS) is 22.6. The predicted molar refractivity (Wildman–Crippen MR) is 72.5 cm³/mol. The van der Waals surface area contributed by atoms with Gasteiger partial charge in [-0.05, 0) is 25.7 Å². The highest BCUT2D eigenvalue weighted by atomic mass is 16.2. The molecule has 1 aliphatic carbocycles. The predicted octanol–water partition coefficient (Wildman–Crippen LogP) is 0.674. The quantitative estimate of drug-likeness (QED) is 0.848. The van der Waals surface area contributed by atoms with Crippen LogP contribution in [0.4, 0.5) is 0 Å². The number of aromatic nitrogens is 2. The topological polar surface area (TPSA) is 78.1 Å². The number of imidazole rings is 1. The lowest BCUT2D eigenvalue weighted by atomic mass is 9.96. The van der Waals surface area contributed by atoms with Crippen LogP contribution in [0.25, 0.3) is 0 Å². The summed E-state index contributed by atoms with van der Waals surface area (Å²) in [6.07, 6.45) is 7.12. The number of carbonyl (C=O) groups excluding carboxylic acids is 2. The first-order chi connectivity index (χ1) is 9.74. The van der Waals surface area contributed by atoms with Gasteiger partial charge in [-0.1, -0.05) is 0 Å². The van der Waals surface area contributed by atoms with Crippen molar-refractivity contribution in [3.05, 3.63) is 18.2 Å². The van der Waals surface area contributed by atoms with E-state index in [9.17, 15) is 9.59 Å².